The van der Waals surface area contributed by atoms with E-state index < -0.39 is 33.6 Å². The molecule has 1 aliphatic rings. The van der Waals surface area contributed by atoms with Crippen molar-refractivity contribution < 1.29 is 18.3 Å². The van der Waals surface area contributed by atoms with Crippen LogP contribution in [0.1, 0.15) is 32.8 Å². The number of hydrogen-bond acceptors (Lipinski definition) is 4. The highest BCUT2D eigenvalue weighted by molar-refractivity contribution is 7.89. The molecule has 2 aromatic carbocycles. The Morgan fingerprint density at radius 3 is 2.45 bits per heavy atom. The van der Waals surface area contributed by atoms with Crippen LogP contribution in [0, 0.1) is 0 Å². The second-order valence-electron chi connectivity index (χ2n) is 8.46. The highest BCUT2D eigenvalue weighted by atomic mass is 35.5. The molecule has 2 atom stereocenters. The van der Waals surface area contributed by atoms with Crippen LogP contribution in [-0.4, -0.2) is 54.3 Å². The number of carbonyl (C=O) groups is 1. The van der Waals surface area contributed by atoms with Gasteiger partial charge in [-0.25, -0.2) is 13.1 Å². The number of nitrogens with one attached hydrogen (secondary N) is 1. The van der Waals surface area contributed by atoms with Gasteiger partial charge in [0.05, 0.1) is 11.8 Å². The number of nitrogens with zero attached hydrogens (tertiary/aromatic N) is 1. The average Bonchev–Trinajstić information content (AvgIpc) is 3.08. The zero-order chi connectivity index (χ0) is 22.8. The van der Waals surface area contributed by atoms with Crippen LogP contribution in [0.5, 0.6) is 0 Å². The Balaban J connectivity index is 1.91. The zero-order valence-corrected chi connectivity index (χ0v) is 19.6. The minimum Gasteiger partial charge on any atom is -0.381 e. The molecule has 6 nitrogen and oxygen atoms in total. The standard InChI is InChI=1S/C23H29ClN2O4S/c1-4-31(29,30)25-20-11-12-26(22(27)23(2,3)28)21(20)14-16-7-5-8-17(13-16)18-9-6-10-19(24)15-18/h5-10,13,15,20-21,25,28H,4,11-12,14H2,1-3H3/t20-,21-/m0/s1. The third-order valence-corrected chi connectivity index (χ3v) is 7.23. The summed E-state index contributed by atoms with van der Waals surface area (Å²) in [7, 11) is -3.43. The first kappa shape index (κ1) is 23.7. The molecule has 1 amide bonds. The Morgan fingerprint density at radius 1 is 1.19 bits per heavy atom. The lowest BCUT2D eigenvalue weighted by atomic mass is 9.96. The molecule has 0 unspecified atom stereocenters. The summed E-state index contributed by atoms with van der Waals surface area (Å²) in [5.41, 5.74) is 1.41. The number of amides is 1. The first-order chi connectivity index (χ1) is 14.5. The highest BCUT2D eigenvalue weighted by Crippen LogP contribution is 2.28. The van der Waals surface area contributed by atoms with Crippen LogP contribution in [0.2, 0.25) is 5.02 Å². The van der Waals surface area contributed by atoms with Gasteiger partial charge >= 0.3 is 0 Å². The van der Waals surface area contributed by atoms with Crippen molar-refractivity contribution in [1.82, 2.24) is 9.62 Å². The summed E-state index contributed by atoms with van der Waals surface area (Å²) in [5, 5.41) is 10.9. The van der Waals surface area contributed by atoms with Gasteiger partial charge in [0.1, 0.15) is 5.60 Å². The predicted octanol–water partition coefficient (Wildman–Crippen LogP) is 3.23. The predicted molar refractivity (Wildman–Crippen MR) is 123 cm³/mol. The van der Waals surface area contributed by atoms with Gasteiger partial charge in [0, 0.05) is 17.6 Å². The molecule has 0 saturated carbocycles. The summed E-state index contributed by atoms with van der Waals surface area (Å²) >= 11 is 6.13. The van der Waals surface area contributed by atoms with Gasteiger partial charge in [-0.2, -0.15) is 0 Å². The van der Waals surface area contributed by atoms with E-state index in [1.165, 1.54) is 13.8 Å². The van der Waals surface area contributed by atoms with Crippen molar-refractivity contribution in [2.24, 2.45) is 0 Å². The minimum atomic E-state index is -3.43. The average molecular weight is 465 g/mol. The normalized spacial score (nSPS) is 19.6. The SMILES string of the molecule is CCS(=O)(=O)N[C@H]1CCN(C(=O)C(C)(C)O)[C@H]1Cc1cccc(-c2cccc(Cl)c2)c1. The Labute approximate surface area is 189 Å². The van der Waals surface area contributed by atoms with Crippen LogP contribution in [-0.2, 0) is 21.2 Å². The van der Waals surface area contributed by atoms with Crippen LogP contribution in [0.3, 0.4) is 0 Å². The summed E-state index contributed by atoms with van der Waals surface area (Å²) in [4.78, 5) is 14.5. The van der Waals surface area contributed by atoms with E-state index in [1.54, 1.807) is 11.8 Å². The van der Waals surface area contributed by atoms with Crippen molar-refractivity contribution in [2.45, 2.75) is 51.3 Å². The third-order valence-electron chi connectivity index (χ3n) is 5.57. The van der Waals surface area contributed by atoms with Crippen molar-refractivity contribution in [3.8, 4) is 11.1 Å². The molecule has 8 heteroatoms. The van der Waals surface area contributed by atoms with Crippen molar-refractivity contribution in [2.75, 3.05) is 12.3 Å². The van der Waals surface area contributed by atoms with E-state index in [-0.39, 0.29) is 5.75 Å². The smallest absolute Gasteiger partial charge is 0.254 e. The van der Waals surface area contributed by atoms with E-state index in [2.05, 4.69) is 4.72 Å². The van der Waals surface area contributed by atoms with Gasteiger partial charge in [0.2, 0.25) is 10.0 Å². The van der Waals surface area contributed by atoms with Gasteiger partial charge in [-0.05, 0) is 62.4 Å². The van der Waals surface area contributed by atoms with Gasteiger partial charge in [0.15, 0.2) is 0 Å². The van der Waals surface area contributed by atoms with E-state index in [9.17, 15) is 18.3 Å². The summed E-state index contributed by atoms with van der Waals surface area (Å²) in [6.07, 6.45) is 0.965. The molecule has 1 aliphatic heterocycles. The maximum Gasteiger partial charge on any atom is 0.254 e. The Hall–Kier alpha value is -1.93. The minimum absolute atomic E-state index is 0.0279. The van der Waals surface area contributed by atoms with Crippen LogP contribution in [0.15, 0.2) is 48.5 Å². The van der Waals surface area contributed by atoms with E-state index >= 15 is 0 Å². The van der Waals surface area contributed by atoms with E-state index in [4.69, 9.17) is 11.6 Å². The molecule has 3 rings (SSSR count). The van der Waals surface area contributed by atoms with Crippen LogP contribution in [0.25, 0.3) is 11.1 Å². The third kappa shape index (κ3) is 5.86. The number of likely N-dealkylation sites (tertiary alicyclic amines) is 1. The van der Waals surface area contributed by atoms with E-state index in [0.717, 1.165) is 16.7 Å². The first-order valence-corrected chi connectivity index (χ1v) is 12.4. The van der Waals surface area contributed by atoms with Gasteiger partial charge in [-0.3, -0.25) is 4.79 Å². The fraction of sp³-hybridized carbons (Fsp3) is 0.435. The lowest BCUT2D eigenvalue weighted by molar-refractivity contribution is -0.148. The highest BCUT2D eigenvalue weighted by Gasteiger charge is 2.42. The zero-order valence-electron chi connectivity index (χ0n) is 18.0. The summed E-state index contributed by atoms with van der Waals surface area (Å²) in [6, 6.07) is 14.7. The van der Waals surface area contributed by atoms with E-state index in [0.29, 0.717) is 24.4 Å². The molecule has 2 aromatic rings. The van der Waals surface area contributed by atoms with Gasteiger partial charge < -0.3 is 10.0 Å². The molecule has 0 bridgehead atoms. The number of hydrogen-bond donors (Lipinski definition) is 2. The van der Waals surface area contributed by atoms with E-state index in [1.807, 2.05) is 48.5 Å². The first-order valence-electron chi connectivity index (χ1n) is 10.4. The number of halogens is 1. The molecule has 31 heavy (non-hydrogen) atoms. The van der Waals surface area contributed by atoms with Crippen molar-refractivity contribution in [1.29, 1.82) is 0 Å². The molecule has 168 valence electrons. The lowest BCUT2D eigenvalue weighted by Gasteiger charge is -2.32. The largest absolute Gasteiger partial charge is 0.381 e. The summed E-state index contributed by atoms with van der Waals surface area (Å²) < 4.78 is 27.2. The number of aliphatic hydroxyl groups is 1. The van der Waals surface area contributed by atoms with Gasteiger partial charge in [-0.15, -0.1) is 0 Å². The molecule has 1 fully saturated rings. The molecular formula is C23H29ClN2O4S. The Bertz CT molecular complexity index is 1050. The van der Waals surface area contributed by atoms with Gasteiger partial charge in [0.25, 0.3) is 5.91 Å². The maximum atomic E-state index is 12.9. The fourth-order valence-corrected chi connectivity index (χ4v) is 5.04. The van der Waals surface area contributed by atoms with Gasteiger partial charge in [-0.1, -0.05) is 48.0 Å². The molecular weight excluding hydrogens is 436 g/mol. The number of sulfonamides is 1. The molecule has 2 N–H and O–H groups in total. The van der Waals surface area contributed by atoms with Crippen LogP contribution in [0.4, 0.5) is 0 Å². The van der Waals surface area contributed by atoms with Crippen LogP contribution >= 0.6 is 11.6 Å². The summed E-state index contributed by atoms with van der Waals surface area (Å²) in [6.45, 7) is 4.88. The topological polar surface area (TPSA) is 86.7 Å². The van der Waals surface area contributed by atoms with Crippen molar-refractivity contribution >= 4 is 27.5 Å². The summed E-state index contributed by atoms with van der Waals surface area (Å²) in [5.74, 6) is -0.429. The quantitative estimate of drug-likeness (QED) is 0.658. The lowest BCUT2D eigenvalue weighted by Crippen LogP contribution is -2.52. The molecule has 0 radical (unpaired) electrons. The van der Waals surface area contributed by atoms with Crippen molar-refractivity contribution in [3.05, 3.63) is 59.1 Å². The van der Waals surface area contributed by atoms with Crippen LogP contribution < -0.4 is 4.72 Å². The fourth-order valence-electron chi connectivity index (χ4n) is 3.95. The molecule has 0 aromatic heterocycles. The molecule has 0 spiro atoms. The Morgan fingerprint density at radius 2 is 1.84 bits per heavy atom. The van der Waals surface area contributed by atoms with Crippen molar-refractivity contribution in [3.63, 3.8) is 0 Å². The molecule has 1 heterocycles. The number of carbonyl (C=O) groups excluding carboxylic acids is 1. The number of rotatable bonds is 7. The monoisotopic (exact) mass is 464 g/mol. The molecule has 0 aliphatic carbocycles. The second-order valence-corrected chi connectivity index (χ2v) is 10.9. The Kier molecular flexibility index (Phi) is 7.11. The molecule has 1 saturated heterocycles. The maximum absolute atomic E-state index is 12.9. The second kappa shape index (κ2) is 9.28. The number of benzene rings is 2.